The molecule has 1 heterocycles. The summed E-state index contributed by atoms with van der Waals surface area (Å²) in [7, 11) is 0. The molecule has 2 aromatic rings. The smallest absolute Gasteiger partial charge is 0.269 e. The van der Waals surface area contributed by atoms with Crippen LogP contribution in [0.3, 0.4) is 0 Å². The largest absolute Gasteiger partial charge is 0.368 e. The Bertz CT molecular complexity index is 777. The summed E-state index contributed by atoms with van der Waals surface area (Å²) < 4.78 is 0.945. The third-order valence-electron chi connectivity index (χ3n) is 4.41. The molecule has 2 aromatic carbocycles. The molecule has 1 atom stereocenters. The van der Waals surface area contributed by atoms with E-state index < -0.39 is 4.92 Å². The number of nitrogens with zero attached hydrogens (tertiary/aromatic N) is 3. The van der Waals surface area contributed by atoms with Crippen LogP contribution in [0.5, 0.6) is 0 Å². The summed E-state index contributed by atoms with van der Waals surface area (Å²) >= 11 is 3.38. The minimum absolute atomic E-state index is 0.0309. The molecule has 0 bridgehead atoms. The third kappa shape index (κ3) is 3.82. The molecule has 1 aliphatic rings. The number of nitro groups is 1. The first kappa shape index (κ1) is 17.4. The molecule has 25 heavy (non-hydrogen) atoms. The number of amides is 1. The normalized spacial score (nSPS) is 17.4. The maximum atomic E-state index is 12.7. The Labute approximate surface area is 154 Å². The zero-order valence-electron chi connectivity index (χ0n) is 13.8. The van der Waals surface area contributed by atoms with Gasteiger partial charge in [-0.05, 0) is 43.3 Å². The highest BCUT2D eigenvalue weighted by molar-refractivity contribution is 9.10. The molecule has 0 unspecified atom stereocenters. The van der Waals surface area contributed by atoms with Crippen molar-refractivity contribution in [1.82, 2.24) is 4.90 Å². The van der Waals surface area contributed by atoms with Crippen molar-refractivity contribution in [3.63, 3.8) is 0 Å². The van der Waals surface area contributed by atoms with Gasteiger partial charge in [0.2, 0.25) is 0 Å². The van der Waals surface area contributed by atoms with Crippen LogP contribution in [-0.2, 0) is 0 Å². The highest BCUT2D eigenvalue weighted by Crippen LogP contribution is 2.23. The second-order valence-corrected chi connectivity index (χ2v) is 6.99. The van der Waals surface area contributed by atoms with Gasteiger partial charge >= 0.3 is 0 Å². The van der Waals surface area contributed by atoms with Crippen molar-refractivity contribution in [2.45, 2.75) is 13.0 Å². The second-order valence-electron chi connectivity index (χ2n) is 6.07. The molecule has 1 aliphatic heterocycles. The van der Waals surface area contributed by atoms with Gasteiger partial charge in [-0.2, -0.15) is 0 Å². The van der Waals surface area contributed by atoms with E-state index in [0.29, 0.717) is 25.2 Å². The molecular formula is C18H18BrN3O3. The van der Waals surface area contributed by atoms with Crippen molar-refractivity contribution in [3.05, 3.63) is 68.7 Å². The molecule has 0 saturated carbocycles. The third-order valence-corrected chi connectivity index (χ3v) is 4.93. The van der Waals surface area contributed by atoms with E-state index in [1.807, 2.05) is 36.1 Å². The van der Waals surface area contributed by atoms with Gasteiger partial charge < -0.3 is 9.80 Å². The lowest BCUT2D eigenvalue weighted by atomic mass is 10.1. The number of halogens is 1. The highest BCUT2D eigenvalue weighted by atomic mass is 79.9. The fourth-order valence-corrected chi connectivity index (χ4v) is 3.30. The number of non-ortho nitro benzene ring substituents is 1. The first-order valence-corrected chi connectivity index (χ1v) is 8.81. The number of rotatable bonds is 3. The van der Waals surface area contributed by atoms with E-state index in [1.165, 1.54) is 12.1 Å². The van der Waals surface area contributed by atoms with Crippen LogP contribution in [-0.4, -0.2) is 41.4 Å². The number of carbonyl (C=O) groups excluding carboxylic acids is 1. The number of benzene rings is 2. The predicted molar refractivity (Wildman–Crippen MR) is 99.9 cm³/mol. The van der Waals surface area contributed by atoms with Crippen molar-refractivity contribution in [2.24, 2.45) is 0 Å². The second kappa shape index (κ2) is 7.23. The molecule has 0 N–H and O–H groups in total. The van der Waals surface area contributed by atoms with Crippen molar-refractivity contribution in [3.8, 4) is 0 Å². The van der Waals surface area contributed by atoms with Gasteiger partial charge in [-0.1, -0.05) is 15.9 Å². The predicted octanol–water partition coefficient (Wildman–Crippen LogP) is 3.71. The first-order chi connectivity index (χ1) is 12.0. The van der Waals surface area contributed by atoms with E-state index in [0.717, 1.165) is 10.2 Å². The summed E-state index contributed by atoms with van der Waals surface area (Å²) in [6, 6.07) is 14.0. The van der Waals surface area contributed by atoms with Gasteiger partial charge in [-0.25, -0.2) is 0 Å². The van der Waals surface area contributed by atoms with E-state index >= 15 is 0 Å². The first-order valence-electron chi connectivity index (χ1n) is 8.01. The SMILES string of the molecule is C[C@@H]1CN(c2ccc([N+](=O)[O-])cc2)CCN1C(=O)c1ccc(Br)cc1. The van der Waals surface area contributed by atoms with Crippen LogP contribution < -0.4 is 4.90 Å². The van der Waals surface area contributed by atoms with Gasteiger partial charge in [-0.15, -0.1) is 0 Å². The van der Waals surface area contributed by atoms with Gasteiger partial charge in [0.1, 0.15) is 0 Å². The van der Waals surface area contributed by atoms with Crippen LogP contribution in [0.25, 0.3) is 0 Å². The van der Waals surface area contributed by atoms with Crippen molar-refractivity contribution >= 4 is 33.2 Å². The Balaban J connectivity index is 1.68. The zero-order chi connectivity index (χ0) is 18.0. The van der Waals surface area contributed by atoms with Crippen molar-refractivity contribution in [1.29, 1.82) is 0 Å². The fourth-order valence-electron chi connectivity index (χ4n) is 3.04. The summed E-state index contributed by atoms with van der Waals surface area (Å²) in [4.78, 5) is 27.1. The Morgan fingerprint density at radius 3 is 2.32 bits per heavy atom. The van der Waals surface area contributed by atoms with Crippen LogP contribution in [0.15, 0.2) is 53.0 Å². The maximum absolute atomic E-state index is 12.7. The molecular weight excluding hydrogens is 386 g/mol. The number of carbonyl (C=O) groups is 1. The maximum Gasteiger partial charge on any atom is 0.269 e. The Hall–Kier alpha value is -2.41. The molecule has 3 rings (SSSR count). The quantitative estimate of drug-likeness (QED) is 0.578. The Morgan fingerprint density at radius 1 is 1.12 bits per heavy atom. The summed E-state index contributed by atoms with van der Waals surface area (Å²) in [5.41, 5.74) is 1.70. The summed E-state index contributed by atoms with van der Waals surface area (Å²) in [5.74, 6) is 0.0309. The average molecular weight is 404 g/mol. The van der Waals surface area contributed by atoms with Crippen LogP contribution in [0.4, 0.5) is 11.4 Å². The van der Waals surface area contributed by atoms with E-state index in [-0.39, 0.29) is 17.6 Å². The summed E-state index contributed by atoms with van der Waals surface area (Å²) in [6.45, 7) is 4.03. The van der Waals surface area contributed by atoms with Crippen molar-refractivity contribution in [2.75, 3.05) is 24.5 Å². The lowest BCUT2D eigenvalue weighted by Gasteiger charge is -2.41. The van der Waals surface area contributed by atoms with E-state index in [9.17, 15) is 14.9 Å². The van der Waals surface area contributed by atoms with Gasteiger partial charge in [-0.3, -0.25) is 14.9 Å². The molecule has 6 nitrogen and oxygen atoms in total. The minimum atomic E-state index is -0.402. The lowest BCUT2D eigenvalue weighted by molar-refractivity contribution is -0.384. The summed E-state index contributed by atoms with van der Waals surface area (Å²) in [6.07, 6.45) is 0. The molecule has 0 radical (unpaired) electrons. The van der Waals surface area contributed by atoms with Crippen LogP contribution in [0, 0.1) is 10.1 Å². The van der Waals surface area contributed by atoms with E-state index in [2.05, 4.69) is 20.8 Å². The van der Waals surface area contributed by atoms with Gasteiger partial charge in [0, 0.05) is 53.5 Å². The molecule has 0 aliphatic carbocycles. The Morgan fingerprint density at radius 2 is 1.76 bits per heavy atom. The van der Waals surface area contributed by atoms with Gasteiger partial charge in [0.15, 0.2) is 0 Å². The number of piperazine rings is 1. The van der Waals surface area contributed by atoms with Crippen LogP contribution in [0.2, 0.25) is 0 Å². The van der Waals surface area contributed by atoms with E-state index in [4.69, 9.17) is 0 Å². The van der Waals surface area contributed by atoms with E-state index in [1.54, 1.807) is 12.1 Å². The molecule has 7 heteroatoms. The average Bonchev–Trinajstić information content (AvgIpc) is 2.62. The van der Waals surface area contributed by atoms with Crippen LogP contribution in [0.1, 0.15) is 17.3 Å². The van der Waals surface area contributed by atoms with Crippen molar-refractivity contribution < 1.29 is 9.72 Å². The van der Waals surface area contributed by atoms with Crippen LogP contribution >= 0.6 is 15.9 Å². The molecule has 1 fully saturated rings. The minimum Gasteiger partial charge on any atom is -0.368 e. The fraction of sp³-hybridized carbons (Fsp3) is 0.278. The standard InChI is InChI=1S/C18H18BrN3O3/c1-13-12-20(16-6-8-17(9-7-16)22(24)25)10-11-21(13)18(23)14-2-4-15(19)5-3-14/h2-9,13H,10-12H2,1H3/t13-/m1/s1. The monoisotopic (exact) mass is 403 g/mol. The molecule has 0 spiro atoms. The lowest BCUT2D eigenvalue weighted by Crippen LogP contribution is -2.54. The number of nitro benzene ring substituents is 1. The highest BCUT2D eigenvalue weighted by Gasteiger charge is 2.28. The topological polar surface area (TPSA) is 66.7 Å². The van der Waals surface area contributed by atoms with Gasteiger partial charge in [0.05, 0.1) is 4.92 Å². The Kier molecular flexibility index (Phi) is 5.03. The zero-order valence-corrected chi connectivity index (χ0v) is 15.3. The number of hydrogen-bond donors (Lipinski definition) is 0. The molecule has 130 valence electrons. The molecule has 0 aromatic heterocycles. The number of hydrogen-bond acceptors (Lipinski definition) is 4. The van der Waals surface area contributed by atoms with Gasteiger partial charge in [0.25, 0.3) is 11.6 Å². The molecule has 1 saturated heterocycles. The summed E-state index contributed by atoms with van der Waals surface area (Å²) in [5, 5.41) is 10.8. The number of anilines is 1. The molecule has 1 amide bonds.